The molecule has 6 nitrogen and oxygen atoms in total. The van der Waals surface area contributed by atoms with Crippen LogP contribution in [0.5, 0.6) is 0 Å². The lowest BCUT2D eigenvalue weighted by atomic mass is 9.83. The lowest BCUT2D eigenvalue weighted by Crippen LogP contribution is -2.44. The third kappa shape index (κ3) is 2.41. The number of aryl methyl sites for hydroxylation is 1. The topological polar surface area (TPSA) is 70.1 Å². The molecule has 0 aromatic heterocycles. The quantitative estimate of drug-likeness (QED) is 0.600. The molecule has 2 amide bonds. The lowest BCUT2D eigenvalue weighted by molar-refractivity contribution is -0.141. The third-order valence-corrected chi connectivity index (χ3v) is 6.31. The summed E-state index contributed by atoms with van der Waals surface area (Å²) < 4.78 is 0. The van der Waals surface area contributed by atoms with Crippen molar-refractivity contribution in [2.45, 2.75) is 25.9 Å². The molecule has 0 spiro atoms. The Morgan fingerprint density at radius 3 is 2.41 bits per heavy atom. The first-order valence-corrected chi connectivity index (χ1v) is 9.90. The van der Waals surface area contributed by atoms with E-state index in [4.69, 9.17) is 0 Å². The summed E-state index contributed by atoms with van der Waals surface area (Å²) in [7, 11) is 0. The second kappa shape index (κ2) is 6.37. The summed E-state index contributed by atoms with van der Waals surface area (Å²) in [5.41, 5.74) is 3.45. The highest BCUT2D eigenvalue weighted by molar-refractivity contribution is 6.12. The van der Waals surface area contributed by atoms with Gasteiger partial charge in [0.2, 0.25) is 11.8 Å². The summed E-state index contributed by atoms with van der Waals surface area (Å²) in [5.74, 6) is -1.96. The van der Waals surface area contributed by atoms with Crippen molar-refractivity contribution in [2.75, 3.05) is 6.54 Å². The second-order valence-electron chi connectivity index (χ2n) is 7.85. The van der Waals surface area contributed by atoms with Crippen molar-refractivity contribution in [1.29, 1.82) is 0 Å². The van der Waals surface area contributed by atoms with Crippen LogP contribution in [0.3, 0.4) is 0 Å². The molecule has 0 saturated carbocycles. The van der Waals surface area contributed by atoms with Gasteiger partial charge in [-0.3, -0.25) is 24.3 Å². The number of likely N-dealkylation sites (tertiary alicyclic amines) is 1. The van der Waals surface area contributed by atoms with Crippen molar-refractivity contribution in [3.8, 4) is 0 Å². The van der Waals surface area contributed by atoms with Gasteiger partial charge < -0.3 is 0 Å². The van der Waals surface area contributed by atoms with Crippen LogP contribution in [-0.4, -0.2) is 46.3 Å². The van der Waals surface area contributed by atoms with E-state index >= 15 is 0 Å². The molecule has 3 aliphatic rings. The zero-order valence-corrected chi connectivity index (χ0v) is 16.3. The van der Waals surface area contributed by atoms with Crippen molar-refractivity contribution >= 4 is 23.8 Å². The van der Waals surface area contributed by atoms with Crippen LogP contribution in [0.4, 0.5) is 0 Å². The molecule has 0 radical (unpaired) electrons. The van der Waals surface area contributed by atoms with Gasteiger partial charge in [0.15, 0.2) is 5.78 Å². The van der Waals surface area contributed by atoms with Crippen molar-refractivity contribution in [1.82, 2.24) is 9.91 Å². The normalized spacial score (nSPS) is 27.1. The van der Waals surface area contributed by atoms with E-state index in [9.17, 15) is 14.4 Å². The van der Waals surface area contributed by atoms with Crippen LogP contribution in [-0.2, 0) is 9.59 Å². The Kier molecular flexibility index (Phi) is 3.91. The number of Topliss-reactive ketones (excluding diaryl/α,β-unsaturated/α-hetero) is 1. The van der Waals surface area contributed by atoms with E-state index in [-0.39, 0.29) is 17.6 Å². The zero-order valence-electron chi connectivity index (χ0n) is 16.3. The molecule has 2 aromatic carbocycles. The fourth-order valence-corrected chi connectivity index (χ4v) is 4.93. The van der Waals surface area contributed by atoms with Crippen LogP contribution in [0.2, 0.25) is 0 Å². The second-order valence-corrected chi connectivity index (χ2v) is 7.85. The van der Waals surface area contributed by atoms with Gasteiger partial charge in [0.05, 0.1) is 24.1 Å². The maximum Gasteiger partial charge on any atom is 0.235 e. The zero-order chi connectivity index (χ0) is 20.3. The number of ketones is 1. The average molecular weight is 387 g/mol. The fraction of sp³-hybridized carbons (Fsp3) is 0.304. The van der Waals surface area contributed by atoms with Gasteiger partial charge in [-0.2, -0.15) is 5.10 Å². The molecule has 2 aromatic rings. The molecule has 4 atom stereocenters. The van der Waals surface area contributed by atoms with E-state index in [0.29, 0.717) is 12.1 Å². The molecule has 2 fully saturated rings. The Morgan fingerprint density at radius 1 is 1.00 bits per heavy atom. The molecule has 0 N–H and O–H groups in total. The Morgan fingerprint density at radius 2 is 1.69 bits per heavy atom. The number of hydrogen-bond donors (Lipinski definition) is 0. The van der Waals surface area contributed by atoms with Crippen molar-refractivity contribution in [3.63, 3.8) is 0 Å². The van der Waals surface area contributed by atoms with Crippen LogP contribution in [0.25, 0.3) is 0 Å². The number of amides is 2. The SMILES string of the molecule is CCN1C(=O)[C@@H]2[C@H](C1=O)[C@@H]1c3ccccc3C=NN1[C@@H]2C(=O)c1ccc(C)cc1. The average Bonchev–Trinajstić information content (AvgIpc) is 3.21. The number of rotatable bonds is 3. The van der Waals surface area contributed by atoms with Crippen LogP contribution in [0.15, 0.2) is 53.6 Å². The van der Waals surface area contributed by atoms with Crippen LogP contribution in [0.1, 0.15) is 40.0 Å². The first-order valence-electron chi connectivity index (χ1n) is 9.90. The van der Waals surface area contributed by atoms with E-state index in [1.165, 1.54) is 4.90 Å². The smallest absolute Gasteiger partial charge is 0.235 e. The van der Waals surface area contributed by atoms with Gasteiger partial charge in [0.25, 0.3) is 0 Å². The Bertz CT molecular complexity index is 1060. The summed E-state index contributed by atoms with van der Waals surface area (Å²) >= 11 is 0. The standard InChI is InChI=1S/C23H21N3O3/c1-3-25-22(28)17-18(23(25)29)20(21(27)14-10-8-13(2)9-11-14)26-19(17)16-7-5-4-6-15(16)12-24-26/h4-12,17-20H,3H2,1-2H3/t17-,18+,19-,20-/m0/s1. The molecule has 0 aliphatic carbocycles. The van der Waals surface area contributed by atoms with Crippen LogP contribution in [0, 0.1) is 18.8 Å². The maximum atomic E-state index is 13.5. The maximum absolute atomic E-state index is 13.5. The number of hydrogen-bond acceptors (Lipinski definition) is 5. The summed E-state index contributed by atoms with van der Waals surface area (Å²) in [6.07, 6.45) is 1.72. The molecule has 3 heterocycles. The molecule has 6 heteroatoms. The Labute approximate surface area is 168 Å². The summed E-state index contributed by atoms with van der Waals surface area (Å²) in [5, 5.41) is 6.24. The molecule has 2 saturated heterocycles. The minimum atomic E-state index is -0.787. The van der Waals surface area contributed by atoms with Crippen LogP contribution >= 0.6 is 0 Å². The molecule has 0 bridgehead atoms. The molecule has 0 unspecified atom stereocenters. The van der Waals surface area contributed by atoms with Gasteiger partial charge in [0, 0.05) is 12.1 Å². The Balaban J connectivity index is 1.65. The summed E-state index contributed by atoms with van der Waals surface area (Å²) in [6.45, 7) is 4.06. The van der Waals surface area contributed by atoms with E-state index in [2.05, 4.69) is 5.10 Å². The van der Waals surface area contributed by atoms with Gasteiger partial charge in [-0.1, -0.05) is 54.1 Å². The van der Waals surface area contributed by atoms with E-state index in [1.807, 2.05) is 43.3 Å². The van der Waals surface area contributed by atoms with Gasteiger partial charge >= 0.3 is 0 Å². The molecule has 3 aliphatic heterocycles. The van der Waals surface area contributed by atoms with Crippen molar-refractivity contribution < 1.29 is 14.4 Å². The minimum absolute atomic E-state index is 0.168. The summed E-state index contributed by atoms with van der Waals surface area (Å²) in [6, 6.07) is 13.9. The molecular formula is C23H21N3O3. The first-order chi connectivity index (χ1) is 14.0. The third-order valence-electron chi connectivity index (χ3n) is 6.31. The van der Waals surface area contributed by atoms with Crippen LogP contribution < -0.4 is 0 Å². The van der Waals surface area contributed by atoms with E-state index in [0.717, 1.165) is 16.7 Å². The van der Waals surface area contributed by atoms with E-state index in [1.54, 1.807) is 30.3 Å². The number of fused-ring (bicyclic) bond motifs is 5. The van der Waals surface area contributed by atoms with Gasteiger partial charge in [-0.05, 0) is 25.0 Å². The molecule has 146 valence electrons. The number of carbonyl (C=O) groups excluding carboxylic acids is 3. The number of carbonyl (C=O) groups is 3. The lowest BCUT2D eigenvalue weighted by Gasteiger charge is -2.33. The van der Waals surface area contributed by atoms with Gasteiger partial charge in [-0.15, -0.1) is 0 Å². The van der Waals surface area contributed by atoms with Crippen molar-refractivity contribution in [2.24, 2.45) is 16.9 Å². The monoisotopic (exact) mass is 387 g/mol. The number of hydrazone groups is 1. The first kappa shape index (κ1) is 17.8. The van der Waals surface area contributed by atoms with E-state index < -0.39 is 23.9 Å². The highest BCUT2D eigenvalue weighted by atomic mass is 16.2. The number of benzene rings is 2. The van der Waals surface area contributed by atoms with Gasteiger partial charge in [-0.25, -0.2) is 0 Å². The number of imide groups is 1. The largest absolute Gasteiger partial charge is 0.292 e. The summed E-state index contributed by atoms with van der Waals surface area (Å²) in [4.78, 5) is 41.1. The fourth-order valence-electron chi connectivity index (χ4n) is 4.93. The molecule has 29 heavy (non-hydrogen) atoms. The minimum Gasteiger partial charge on any atom is -0.292 e. The Hall–Kier alpha value is -3.28. The predicted octanol–water partition coefficient (Wildman–Crippen LogP) is 2.57. The van der Waals surface area contributed by atoms with Gasteiger partial charge in [0.1, 0.15) is 6.04 Å². The predicted molar refractivity (Wildman–Crippen MR) is 107 cm³/mol. The molecular weight excluding hydrogens is 366 g/mol. The number of nitrogens with zero attached hydrogens (tertiary/aromatic N) is 3. The van der Waals surface area contributed by atoms with Crippen molar-refractivity contribution in [3.05, 3.63) is 70.8 Å². The highest BCUT2D eigenvalue weighted by Crippen LogP contribution is 2.52. The molecule has 5 rings (SSSR count). The highest BCUT2D eigenvalue weighted by Gasteiger charge is 2.64.